The molecule has 0 aliphatic heterocycles. The molecule has 124 valence electrons. The number of carbonyl (C=O) groups excluding carboxylic acids is 1. The number of nitrogens with zero attached hydrogens (tertiary/aromatic N) is 2. The quantitative estimate of drug-likeness (QED) is 0.308. The average Bonchev–Trinajstić information content (AvgIpc) is 2.37. The highest BCUT2D eigenvalue weighted by atomic mass is 16.6. The van der Waals surface area contributed by atoms with Gasteiger partial charge in [0.1, 0.15) is 5.60 Å². The van der Waals surface area contributed by atoms with E-state index in [-0.39, 0.29) is 11.6 Å². The lowest BCUT2D eigenvalue weighted by Gasteiger charge is -2.19. The van der Waals surface area contributed by atoms with Crippen LogP contribution in [0.4, 0.5) is 0 Å². The van der Waals surface area contributed by atoms with Crippen molar-refractivity contribution in [1.82, 2.24) is 4.90 Å². The third kappa shape index (κ3) is 11.1. The summed E-state index contributed by atoms with van der Waals surface area (Å²) in [6, 6.07) is 0. The second-order valence-electron chi connectivity index (χ2n) is 6.16. The van der Waals surface area contributed by atoms with E-state index in [1.807, 2.05) is 25.7 Å². The summed E-state index contributed by atoms with van der Waals surface area (Å²) in [6.07, 6.45) is 4.49. The fourth-order valence-electron chi connectivity index (χ4n) is 1.97. The summed E-state index contributed by atoms with van der Waals surface area (Å²) in [5, 5.41) is 0. The van der Waals surface area contributed by atoms with Crippen molar-refractivity contribution >= 4 is 11.9 Å². The highest BCUT2D eigenvalue weighted by Gasteiger charge is 2.15. The second kappa shape index (κ2) is 10.5. The summed E-state index contributed by atoms with van der Waals surface area (Å²) in [4.78, 5) is 17.9. The number of ether oxygens (including phenoxy) is 1. The molecule has 0 saturated carbocycles. The molecule has 0 aromatic carbocycles. The van der Waals surface area contributed by atoms with Gasteiger partial charge >= 0.3 is 5.97 Å². The molecular weight excluding hydrogens is 266 g/mol. The summed E-state index contributed by atoms with van der Waals surface area (Å²) in [6.45, 7) is 12.4. The lowest BCUT2D eigenvalue weighted by atomic mass is 10.1. The zero-order valence-electron chi connectivity index (χ0n) is 14.4. The predicted molar refractivity (Wildman–Crippen MR) is 88.3 cm³/mol. The number of esters is 1. The molecule has 5 nitrogen and oxygen atoms in total. The van der Waals surface area contributed by atoms with E-state index in [9.17, 15) is 4.79 Å². The van der Waals surface area contributed by atoms with Gasteiger partial charge in [0, 0.05) is 26.1 Å². The van der Waals surface area contributed by atoms with Crippen LogP contribution >= 0.6 is 0 Å². The van der Waals surface area contributed by atoms with Gasteiger partial charge in [-0.1, -0.05) is 12.8 Å². The van der Waals surface area contributed by atoms with Crippen LogP contribution in [0, 0.1) is 0 Å². The summed E-state index contributed by atoms with van der Waals surface area (Å²) < 4.78 is 5.27. The normalized spacial score (nSPS) is 12.3. The third-order valence-corrected chi connectivity index (χ3v) is 3.07. The Morgan fingerprint density at radius 2 is 1.67 bits per heavy atom. The first-order valence-corrected chi connectivity index (χ1v) is 8.06. The number of hydrogen-bond donors (Lipinski definition) is 1. The van der Waals surface area contributed by atoms with Gasteiger partial charge in [0.05, 0.1) is 0 Å². The molecule has 0 spiro atoms. The maximum absolute atomic E-state index is 11.5. The van der Waals surface area contributed by atoms with E-state index >= 15 is 0 Å². The van der Waals surface area contributed by atoms with Gasteiger partial charge < -0.3 is 15.4 Å². The second-order valence-corrected chi connectivity index (χ2v) is 6.16. The molecule has 0 aliphatic carbocycles. The topological polar surface area (TPSA) is 67.9 Å². The van der Waals surface area contributed by atoms with Crippen LogP contribution in [0.2, 0.25) is 0 Å². The fraction of sp³-hybridized carbons (Fsp3) is 0.875. The Morgan fingerprint density at radius 1 is 1.10 bits per heavy atom. The molecule has 2 N–H and O–H groups in total. The lowest BCUT2D eigenvalue weighted by Crippen LogP contribution is -2.37. The first-order valence-electron chi connectivity index (χ1n) is 8.06. The van der Waals surface area contributed by atoms with E-state index < -0.39 is 0 Å². The zero-order chi connectivity index (χ0) is 16.3. The van der Waals surface area contributed by atoms with E-state index in [0.29, 0.717) is 12.4 Å². The average molecular weight is 299 g/mol. The first-order chi connectivity index (χ1) is 9.80. The number of carbonyl (C=O) groups is 1. The largest absolute Gasteiger partial charge is 0.460 e. The Hall–Kier alpha value is -1.26. The monoisotopic (exact) mass is 299 g/mol. The smallest absolute Gasteiger partial charge is 0.306 e. The third-order valence-electron chi connectivity index (χ3n) is 3.07. The highest BCUT2D eigenvalue weighted by molar-refractivity contribution is 5.77. The van der Waals surface area contributed by atoms with Crippen molar-refractivity contribution in [2.24, 2.45) is 10.7 Å². The van der Waals surface area contributed by atoms with Gasteiger partial charge in [-0.3, -0.25) is 9.79 Å². The van der Waals surface area contributed by atoms with E-state index in [1.54, 1.807) is 0 Å². The Balaban J connectivity index is 3.65. The SMILES string of the molecule is CCN(CC)C(N)=NCCCCCCC(=O)OC(C)(C)C. The summed E-state index contributed by atoms with van der Waals surface area (Å²) in [5.41, 5.74) is 5.51. The van der Waals surface area contributed by atoms with Crippen LogP contribution in [0.1, 0.15) is 66.7 Å². The summed E-state index contributed by atoms with van der Waals surface area (Å²) >= 11 is 0. The van der Waals surface area contributed by atoms with Crippen LogP contribution in [0.15, 0.2) is 4.99 Å². The van der Waals surface area contributed by atoms with Crippen LogP contribution in [-0.4, -0.2) is 42.1 Å². The van der Waals surface area contributed by atoms with Crippen molar-refractivity contribution in [3.63, 3.8) is 0 Å². The predicted octanol–water partition coefficient (Wildman–Crippen LogP) is 2.94. The van der Waals surface area contributed by atoms with Crippen molar-refractivity contribution in [2.75, 3.05) is 19.6 Å². The lowest BCUT2D eigenvalue weighted by molar-refractivity contribution is -0.154. The molecule has 0 unspecified atom stereocenters. The van der Waals surface area contributed by atoms with Gasteiger partial charge in [0.2, 0.25) is 0 Å². The Labute approximate surface area is 129 Å². The summed E-state index contributed by atoms with van der Waals surface area (Å²) in [5.74, 6) is 0.528. The van der Waals surface area contributed by atoms with Crippen LogP contribution in [0.25, 0.3) is 0 Å². The Kier molecular flexibility index (Phi) is 9.84. The minimum absolute atomic E-state index is 0.105. The van der Waals surface area contributed by atoms with Crippen molar-refractivity contribution in [1.29, 1.82) is 0 Å². The van der Waals surface area contributed by atoms with Gasteiger partial charge in [-0.2, -0.15) is 0 Å². The Bertz CT molecular complexity index is 318. The van der Waals surface area contributed by atoms with Crippen LogP contribution < -0.4 is 5.73 Å². The maximum Gasteiger partial charge on any atom is 0.306 e. The summed E-state index contributed by atoms with van der Waals surface area (Å²) in [7, 11) is 0. The number of unbranched alkanes of at least 4 members (excludes halogenated alkanes) is 3. The standard InChI is InChI=1S/C16H33N3O2/c1-6-19(7-2)15(17)18-13-11-9-8-10-12-14(20)21-16(3,4)5/h6-13H2,1-5H3,(H2,17,18). The van der Waals surface area contributed by atoms with Gasteiger partial charge in [0.15, 0.2) is 5.96 Å². The molecule has 0 atom stereocenters. The van der Waals surface area contributed by atoms with Crippen LogP contribution in [0.5, 0.6) is 0 Å². The number of nitrogens with two attached hydrogens (primary N) is 1. The van der Waals surface area contributed by atoms with Crippen molar-refractivity contribution in [2.45, 2.75) is 72.3 Å². The molecule has 0 heterocycles. The van der Waals surface area contributed by atoms with E-state index in [0.717, 1.165) is 45.3 Å². The van der Waals surface area contributed by atoms with Crippen molar-refractivity contribution in [3.05, 3.63) is 0 Å². The molecule has 0 amide bonds. The number of aliphatic imine (C=N–C) groups is 1. The molecule has 0 aliphatic rings. The first kappa shape index (κ1) is 19.7. The van der Waals surface area contributed by atoms with Crippen molar-refractivity contribution in [3.8, 4) is 0 Å². The van der Waals surface area contributed by atoms with Gasteiger partial charge in [-0.25, -0.2) is 0 Å². The van der Waals surface area contributed by atoms with E-state index in [1.165, 1.54) is 0 Å². The molecule has 0 aromatic heterocycles. The molecule has 21 heavy (non-hydrogen) atoms. The number of rotatable bonds is 9. The minimum atomic E-state index is -0.381. The number of hydrogen-bond acceptors (Lipinski definition) is 3. The van der Waals surface area contributed by atoms with Crippen LogP contribution in [0.3, 0.4) is 0 Å². The fourth-order valence-corrected chi connectivity index (χ4v) is 1.97. The molecule has 0 saturated heterocycles. The molecule has 0 bridgehead atoms. The molecule has 5 heteroatoms. The maximum atomic E-state index is 11.5. The molecule has 0 fully saturated rings. The van der Waals surface area contributed by atoms with Gasteiger partial charge in [0.25, 0.3) is 0 Å². The van der Waals surface area contributed by atoms with E-state index in [4.69, 9.17) is 10.5 Å². The molecule has 0 radical (unpaired) electrons. The highest BCUT2D eigenvalue weighted by Crippen LogP contribution is 2.11. The Morgan fingerprint density at radius 3 is 2.19 bits per heavy atom. The zero-order valence-corrected chi connectivity index (χ0v) is 14.4. The molecule has 0 rings (SSSR count). The van der Waals surface area contributed by atoms with Crippen LogP contribution in [-0.2, 0) is 9.53 Å². The molecular formula is C16H33N3O2. The van der Waals surface area contributed by atoms with Gasteiger partial charge in [-0.05, 0) is 47.5 Å². The minimum Gasteiger partial charge on any atom is -0.460 e. The number of guanidine groups is 1. The van der Waals surface area contributed by atoms with E-state index in [2.05, 4.69) is 18.8 Å². The van der Waals surface area contributed by atoms with Gasteiger partial charge in [-0.15, -0.1) is 0 Å². The van der Waals surface area contributed by atoms with Crippen molar-refractivity contribution < 1.29 is 9.53 Å². The molecule has 0 aromatic rings.